The SMILES string of the molecule is O=C(Cn1c2c(sc1=O)[C@@H](c1ccco1)[C@@H]1C(=O)N(c3cccc(C(F)(F)F)c3)C(=O)[C@@H]1S2)N1CCOCC1. The Morgan fingerprint density at radius 1 is 1.05 bits per heavy atom. The van der Waals surface area contributed by atoms with Crippen LogP contribution in [0.3, 0.4) is 0 Å². The number of thiazole rings is 1. The number of aromatic nitrogens is 1. The largest absolute Gasteiger partial charge is 0.469 e. The van der Waals surface area contributed by atoms with Gasteiger partial charge in [-0.05, 0) is 30.3 Å². The number of morpholine rings is 1. The highest BCUT2D eigenvalue weighted by atomic mass is 32.2. The molecule has 0 spiro atoms. The number of alkyl halides is 3. The third kappa shape index (κ3) is 4.39. The molecule has 0 bridgehead atoms. The predicted octanol–water partition coefficient (Wildman–Crippen LogP) is 3.18. The molecule has 1 aromatic carbocycles. The van der Waals surface area contributed by atoms with Crippen molar-refractivity contribution in [1.29, 1.82) is 0 Å². The second-order valence-electron chi connectivity index (χ2n) is 9.23. The van der Waals surface area contributed by atoms with Crippen molar-refractivity contribution in [2.45, 2.75) is 28.9 Å². The van der Waals surface area contributed by atoms with Crippen molar-refractivity contribution in [2.24, 2.45) is 5.92 Å². The molecule has 3 aliphatic rings. The van der Waals surface area contributed by atoms with E-state index in [4.69, 9.17) is 9.15 Å². The average molecular weight is 580 g/mol. The number of carbonyl (C=O) groups is 3. The quantitative estimate of drug-likeness (QED) is 0.438. The summed E-state index contributed by atoms with van der Waals surface area (Å²) in [6, 6.07) is 7.29. The summed E-state index contributed by atoms with van der Waals surface area (Å²) < 4.78 is 52.3. The van der Waals surface area contributed by atoms with Crippen molar-refractivity contribution in [3.63, 3.8) is 0 Å². The van der Waals surface area contributed by atoms with Crippen LogP contribution in [0.15, 0.2) is 56.9 Å². The Morgan fingerprint density at radius 3 is 2.51 bits per heavy atom. The van der Waals surface area contributed by atoms with E-state index < -0.39 is 45.5 Å². The number of hydrogen-bond donors (Lipinski definition) is 0. The maximum absolute atomic E-state index is 13.7. The predicted molar refractivity (Wildman–Crippen MR) is 134 cm³/mol. The van der Waals surface area contributed by atoms with Crippen LogP contribution in [0.25, 0.3) is 0 Å². The highest BCUT2D eigenvalue weighted by Crippen LogP contribution is 2.54. The number of nitrogens with zero attached hydrogens (tertiary/aromatic N) is 3. The Morgan fingerprint density at radius 2 is 1.82 bits per heavy atom. The smallest absolute Gasteiger partial charge is 0.416 e. The van der Waals surface area contributed by atoms with Crippen molar-refractivity contribution in [2.75, 3.05) is 31.2 Å². The number of carbonyl (C=O) groups excluding carboxylic acids is 3. The number of imide groups is 1. The zero-order chi connectivity index (χ0) is 27.5. The molecule has 5 heterocycles. The van der Waals surface area contributed by atoms with Crippen LogP contribution in [-0.2, 0) is 31.8 Å². The molecule has 3 aromatic rings. The highest BCUT2D eigenvalue weighted by molar-refractivity contribution is 8.00. The first-order chi connectivity index (χ1) is 18.6. The first-order valence-corrected chi connectivity index (χ1v) is 13.7. The molecule has 0 saturated carbocycles. The number of furan rings is 1. The molecule has 3 amide bonds. The summed E-state index contributed by atoms with van der Waals surface area (Å²) in [6.45, 7) is 1.32. The van der Waals surface area contributed by atoms with Gasteiger partial charge in [-0.15, -0.1) is 0 Å². The molecule has 0 aliphatic carbocycles. The third-order valence-corrected chi connectivity index (χ3v) is 9.59. The lowest BCUT2D eigenvalue weighted by atomic mass is 9.87. The van der Waals surface area contributed by atoms with Gasteiger partial charge in [0.1, 0.15) is 17.6 Å². The van der Waals surface area contributed by atoms with Crippen LogP contribution in [0.4, 0.5) is 18.9 Å². The normalized spacial score (nSPS) is 23.2. The fraction of sp³-hybridized carbons (Fsp3) is 0.360. The van der Waals surface area contributed by atoms with Crippen LogP contribution < -0.4 is 9.77 Å². The number of anilines is 1. The molecule has 2 aromatic heterocycles. The molecular formula is C25H20F3N3O6S2. The Kier molecular flexibility index (Phi) is 6.43. The van der Waals surface area contributed by atoms with E-state index in [0.717, 1.165) is 46.2 Å². The van der Waals surface area contributed by atoms with Gasteiger partial charge in [-0.3, -0.25) is 23.7 Å². The van der Waals surface area contributed by atoms with Gasteiger partial charge in [0.05, 0.1) is 52.5 Å². The maximum Gasteiger partial charge on any atom is 0.416 e. The minimum atomic E-state index is -4.66. The Balaban J connectivity index is 1.40. The molecule has 6 rings (SSSR count). The Labute approximate surface area is 227 Å². The van der Waals surface area contributed by atoms with Crippen molar-refractivity contribution in [1.82, 2.24) is 9.47 Å². The van der Waals surface area contributed by atoms with Crippen LogP contribution in [0.5, 0.6) is 0 Å². The van der Waals surface area contributed by atoms with E-state index in [2.05, 4.69) is 0 Å². The third-order valence-electron chi connectivity index (χ3n) is 6.99. The van der Waals surface area contributed by atoms with Gasteiger partial charge in [-0.1, -0.05) is 29.2 Å². The van der Waals surface area contributed by atoms with Gasteiger partial charge in [-0.25, -0.2) is 4.90 Å². The van der Waals surface area contributed by atoms with Gasteiger partial charge >= 0.3 is 11.0 Å². The topological polar surface area (TPSA) is 102 Å². The van der Waals surface area contributed by atoms with Crippen molar-refractivity contribution in [3.8, 4) is 0 Å². The second-order valence-corrected chi connectivity index (χ2v) is 11.4. The lowest BCUT2D eigenvalue weighted by molar-refractivity contribution is -0.138. The minimum absolute atomic E-state index is 0.184. The molecule has 39 heavy (non-hydrogen) atoms. The Hall–Kier alpha value is -3.36. The zero-order valence-corrected chi connectivity index (χ0v) is 21.7. The molecule has 3 aliphatic heterocycles. The summed E-state index contributed by atoms with van der Waals surface area (Å²) in [7, 11) is 0. The molecule has 2 saturated heterocycles. The van der Waals surface area contributed by atoms with E-state index in [1.54, 1.807) is 17.0 Å². The molecule has 0 unspecified atom stereocenters. The van der Waals surface area contributed by atoms with Gasteiger partial charge in [0, 0.05) is 13.1 Å². The number of halogens is 3. The van der Waals surface area contributed by atoms with Gasteiger partial charge < -0.3 is 14.1 Å². The van der Waals surface area contributed by atoms with Crippen molar-refractivity contribution >= 4 is 46.5 Å². The van der Waals surface area contributed by atoms with E-state index in [0.29, 0.717) is 42.0 Å². The standard InChI is InChI=1S/C25H20F3N3O6S2/c26-25(27,28)13-3-1-4-14(11-13)31-21(33)18-17(15-5-2-8-37-15)20-23(38-19(18)22(31)34)30(24(35)39-20)12-16(32)29-6-9-36-10-7-29/h1-5,8,11,17-19H,6-7,9-10,12H2/t17-,18-,19+/m0/s1. The second kappa shape index (κ2) is 9.68. The lowest BCUT2D eigenvalue weighted by Crippen LogP contribution is -2.43. The maximum atomic E-state index is 13.7. The monoisotopic (exact) mass is 579 g/mol. The van der Waals surface area contributed by atoms with Gasteiger partial charge in [0.15, 0.2) is 0 Å². The minimum Gasteiger partial charge on any atom is -0.469 e. The number of thioether (sulfide) groups is 1. The molecule has 0 radical (unpaired) electrons. The van der Waals surface area contributed by atoms with Crippen LogP contribution in [-0.4, -0.2) is 58.7 Å². The highest BCUT2D eigenvalue weighted by Gasteiger charge is 2.57. The first kappa shape index (κ1) is 25.9. The number of hydrogen-bond acceptors (Lipinski definition) is 8. The van der Waals surface area contributed by atoms with Crippen LogP contribution >= 0.6 is 23.1 Å². The summed E-state index contributed by atoms with van der Waals surface area (Å²) in [5, 5.41) is -0.658. The van der Waals surface area contributed by atoms with E-state index in [-0.39, 0.29) is 18.1 Å². The average Bonchev–Trinajstić information content (AvgIpc) is 3.61. The molecular weight excluding hydrogens is 559 g/mol. The number of fused-ring (bicyclic) bond motifs is 2. The molecule has 204 valence electrons. The molecule has 2 fully saturated rings. The van der Waals surface area contributed by atoms with Crippen molar-refractivity contribution < 1.29 is 36.7 Å². The number of benzene rings is 1. The number of ether oxygens (including phenoxy) is 1. The van der Waals surface area contributed by atoms with Crippen molar-refractivity contribution in [3.05, 3.63) is 68.5 Å². The summed E-state index contributed by atoms with van der Waals surface area (Å²) in [5.41, 5.74) is -1.17. The van der Waals surface area contributed by atoms with Gasteiger partial charge in [0.2, 0.25) is 17.7 Å². The number of amides is 3. The lowest BCUT2D eigenvalue weighted by Gasteiger charge is -2.30. The van der Waals surface area contributed by atoms with E-state index in [9.17, 15) is 32.3 Å². The van der Waals surface area contributed by atoms with E-state index >= 15 is 0 Å². The van der Waals surface area contributed by atoms with Crippen LogP contribution in [0.1, 0.15) is 22.1 Å². The van der Waals surface area contributed by atoms with Crippen LogP contribution in [0, 0.1) is 5.92 Å². The fourth-order valence-electron chi connectivity index (χ4n) is 5.15. The Bertz CT molecular complexity index is 1510. The summed E-state index contributed by atoms with van der Waals surface area (Å²) in [5.74, 6) is -3.16. The van der Waals surface area contributed by atoms with Crippen LogP contribution in [0.2, 0.25) is 0 Å². The summed E-state index contributed by atoms with van der Waals surface area (Å²) in [6.07, 6.45) is -3.26. The number of rotatable bonds is 4. The van der Waals surface area contributed by atoms with E-state index in [1.165, 1.54) is 16.9 Å². The molecule has 0 N–H and O–H groups in total. The summed E-state index contributed by atoms with van der Waals surface area (Å²) in [4.78, 5) is 55.9. The van der Waals surface area contributed by atoms with Gasteiger partial charge in [-0.2, -0.15) is 13.2 Å². The fourth-order valence-corrected chi connectivity index (χ4v) is 7.91. The molecule has 14 heteroatoms. The summed E-state index contributed by atoms with van der Waals surface area (Å²) >= 11 is 1.85. The molecule has 3 atom stereocenters. The van der Waals surface area contributed by atoms with E-state index in [1.807, 2.05) is 0 Å². The van der Waals surface area contributed by atoms with Gasteiger partial charge in [0.25, 0.3) is 0 Å². The first-order valence-electron chi connectivity index (χ1n) is 12.0. The zero-order valence-electron chi connectivity index (χ0n) is 20.1. The molecule has 9 nitrogen and oxygen atoms in total.